The van der Waals surface area contributed by atoms with Crippen molar-refractivity contribution in [2.75, 3.05) is 25.0 Å². The first-order valence-corrected chi connectivity index (χ1v) is 13.0. The second-order valence-corrected chi connectivity index (χ2v) is 10.7. The van der Waals surface area contributed by atoms with E-state index in [0.717, 1.165) is 50.2 Å². The average Bonchev–Trinajstić information content (AvgIpc) is 3.38. The van der Waals surface area contributed by atoms with E-state index in [-0.39, 0.29) is 16.8 Å². The van der Waals surface area contributed by atoms with Crippen LogP contribution in [0.2, 0.25) is 0 Å². The van der Waals surface area contributed by atoms with Gasteiger partial charge in [0.25, 0.3) is 5.91 Å². The molecule has 2 heterocycles. The number of hydrogen-bond donors (Lipinski definition) is 1. The Balaban J connectivity index is 1.34. The summed E-state index contributed by atoms with van der Waals surface area (Å²) in [6.07, 6.45) is 9.33. The van der Waals surface area contributed by atoms with Crippen molar-refractivity contribution in [2.45, 2.75) is 62.4 Å². The van der Waals surface area contributed by atoms with E-state index in [9.17, 15) is 13.2 Å². The van der Waals surface area contributed by atoms with Gasteiger partial charge in [-0.25, -0.2) is 13.4 Å². The second kappa shape index (κ2) is 10.0. The molecule has 1 amide bonds. The summed E-state index contributed by atoms with van der Waals surface area (Å²) in [5.74, 6) is 0.741. The highest BCUT2D eigenvalue weighted by Gasteiger charge is 2.29. The average molecular weight is 457 g/mol. The fraction of sp³-hybridized carbons (Fsp3) is 0.500. The minimum atomic E-state index is -3.56. The summed E-state index contributed by atoms with van der Waals surface area (Å²) in [4.78, 5) is 19.5. The van der Waals surface area contributed by atoms with E-state index >= 15 is 0 Å². The molecule has 172 valence electrons. The second-order valence-electron chi connectivity index (χ2n) is 8.74. The highest BCUT2D eigenvalue weighted by molar-refractivity contribution is 7.89. The summed E-state index contributed by atoms with van der Waals surface area (Å²) in [7, 11) is -1.90. The van der Waals surface area contributed by atoms with E-state index in [1.165, 1.54) is 35.7 Å². The van der Waals surface area contributed by atoms with Gasteiger partial charge in [-0.2, -0.15) is 4.31 Å². The minimum Gasteiger partial charge on any atom is -0.357 e. The van der Waals surface area contributed by atoms with Crippen molar-refractivity contribution in [3.05, 3.63) is 53.7 Å². The third kappa shape index (κ3) is 5.13. The molecule has 4 rings (SSSR count). The Labute approximate surface area is 190 Å². The predicted molar refractivity (Wildman–Crippen MR) is 125 cm³/mol. The van der Waals surface area contributed by atoms with Crippen LogP contribution in [0.5, 0.6) is 0 Å². The number of amides is 1. The number of aromatic nitrogens is 1. The zero-order valence-corrected chi connectivity index (χ0v) is 19.5. The Kier molecular flexibility index (Phi) is 7.10. The van der Waals surface area contributed by atoms with Crippen LogP contribution in [0, 0.1) is 0 Å². The third-order valence-corrected chi connectivity index (χ3v) is 8.50. The van der Waals surface area contributed by atoms with Gasteiger partial charge in [-0.15, -0.1) is 0 Å². The first-order valence-electron chi connectivity index (χ1n) is 11.5. The molecule has 0 radical (unpaired) electrons. The fourth-order valence-corrected chi connectivity index (χ4v) is 5.94. The lowest BCUT2D eigenvalue weighted by Crippen LogP contribution is -2.38. The molecular weight excluding hydrogens is 424 g/mol. The maximum Gasteiger partial charge on any atom is 0.251 e. The Bertz CT molecular complexity index is 1010. The molecule has 2 aliphatic rings. The Morgan fingerprint density at radius 3 is 2.34 bits per heavy atom. The van der Waals surface area contributed by atoms with Crippen molar-refractivity contribution < 1.29 is 13.2 Å². The lowest BCUT2D eigenvalue weighted by atomic mass is 9.96. The SMILES string of the molecule is CN(C1CCCCC1)S(=O)(=O)c1ccc(C(=O)NCc2ccc(N3CCCC3)nc2)cc1. The van der Waals surface area contributed by atoms with Crippen LogP contribution in [-0.4, -0.2) is 49.8 Å². The minimum absolute atomic E-state index is 0.0576. The zero-order chi connectivity index (χ0) is 22.6. The van der Waals surface area contributed by atoms with Gasteiger partial charge in [0.1, 0.15) is 5.82 Å². The van der Waals surface area contributed by atoms with Crippen LogP contribution in [-0.2, 0) is 16.6 Å². The molecule has 1 aliphatic heterocycles. The van der Waals surface area contributed by atoms with Gasteiger partial charge in [-0.05, 0) is 61.6 Å². The fourth-order valence-electron chi connectivity index (χ4n) is 4.52. The molecule has 1 aromatic heterocycles. The Morgan fingerprint density at radius 1 is 1.03 bits per heavy atom. The van der Waals surface area contributed by atoms with E-state index in [0.29, 0.717) is 12.1 Å². The van der Waals surface area contributed by atoms with Gasteiger partial charge in [0, 0.05) is 44.5 Å². The summed E-state index contributed by atoms with van der Waals surface area (Å²) >= 11 is 0. The smallest absolute Gasteiger partial charge is 0.251 e. The molecule has 1 saturated heterocycles. The van der Waals surface area contributed by atoms with E-state index < -0.39 is 10.0 Å². The van der Waals surface area contributed by atoms with Gasteiger partial charge in [-0.1, -0.05) is 25.3 Å². The van der Waals surface area contributed by atoms with Gasteiger partial charge in [0.2, 0.25) is 10.0 Å². The monoisotopic (exact) mass is 456 g/mol. The summed E-state index contributed by atoms with van der Waals surface area (Å²) < 4.78 is 27.4. The van der Waals surface area contributed by atoms with E-state index in [1.54, 1.807) is 25.4 Å². The van der Waals surface area contributed by atoms with E-state index in [1.807, 2.05) is 12.1 Å². The molecule has 7 nitrogen and oxygen atoms in total. The molecule has 0 bridgehead atoms. The van der Waals surface area contributed by atoms with Gasteiger partial charge in [-0.3, -0.25) is 4.79 Å². The summed E-state index contributed by atoms with van der Waals surface area (Å²) in [5.41, 5.74) is 1.36. The van der Waals surface area contributed by atoms with Crippen molar-refractivity contribution in [3.63, 3.8) is 0 Å². The standard InChI is InChI=1S/C24H32N4O3S/c1-27(21-7-3-2-4-8-21)32(30,31)22-12-10-20(11-13-22)24(29)26-18-19-9-14-23(25-17-19)28-15-5-6-16-28/h9-14,17,21H,2-8,15-16,18H2,1H3,(H,26,29). The maximum atomic E-state index is 13.0. The predicted octanol–water partition coefficient (Wildman–Crippen LogP) is 3.57. The number of sulfonamides is 1. The van der Waals surface area contributed by atoms with Crippen molar-refractivity contribution >= 4 is 21.7 Å². The molecular formula is C24H32N4O3S. The van der Waals surface area contributed by atoms with Crippen molar-refractivity contribution in [3.8, 4) is 0 Å². The normalized spacial score (nSPS) is 17.6. The molecule has 1 saturated carbocycles. The maximum absolute atomic E-state index is 13.0. The number of hydrogen-bond acceptors (Lipinski definition) is 5. The zero-order valence-electron chi connectivity index (χ0n) is 18.7. The number of carbonyl (C=O) groups excluding carboxylic acids is 1. The molecule has 0 atom stereocenters. The Morgan fingerprint density at radius 2 is 1.72 bits per heavy atom. The van der Waals surface area contributed by atoms with Crippen LogP contribution in [0.4, 0.5) is 5.82 Å². The molecule has 8 heteroatoms. The first kappa shape index (κ1) is 22.7. The van der Waals surface area contributed by atoms with Crippen LogP contribution >= 0.6 is 0 Å². The molecule has 1 aromatic carbocycles. The third-order valence-electron chi connectivity index (χ3n) is 6.57. The lowest BCUT2D eigenvalue weighted by Gasteiger charge is -2.30. The molecule has 2 fully saturated rings. The van der Waals surface area contributed by atoms with Crippen LogP contribution in [0.3, 0.4) is 0 Å². The molecule has 0 unspecified atom stereocenters. The number of nitrogens with one attached hydrogen (secondary N) is 1. The number of carbonyl (C=O) groups is 1. The van der Waals surface area contributed by atoms with Crippen molar-refractivity contribution in [1.82, 2.24) is 14.6 Å². The molecule has 0 spiro atoms. The number of anilines is 1. The van der Waals surface area contributed by atoms with E-state index in [4.69, 9.17) is 0 Å². The largest absolute Gasteiger partial charge is 0.357 e. The summed E-state index contributed by atoms with van der Waals surface area (Å²) in [6.45, 7) is 2.47. The number of pyridine rings is 1. The number of nitrogens with zero attached hydrogens (tertiary/aromatic N) is 3. The first-order chi connectivity index (χ1) is 15.4. The highest BCUT2D eigenvalue weighted by atomic mass is 32.2. The molecule has 1 aliphatic carbocycles. The van der Waals surface area contributed by atoms with Crippen molar-refractivity contribution in [2.24, 2.45) is 0 Å². The quantitative estimate of drug-likeness (QED) is 0.689. The molecule has 2 aromatic rings. The number of rotatable bonds is 7. The van der Waals surface area contributed by atoms with Crippen LogP contribution in [0.15, 0.2) is 47.5 Å². The van der Waals surface area contributed by atoms with Crippen molar-refractivity contribution in [1.29, 1.82) is 0 Å². The van der Waals surface area contributed by atoms with Gasteiger partial charge >= 0.3 is 0 Å². The highest BCUT2D eigenvalue weighted by Crippen LogP contribution is 2.26. The van der Waals surface area contributed by atoms with Crippen LogP contribution in [0.1, 0.15) is 60.9 Å². The molecule has 32 heavy (non-hydrogen) atoms. The summed E-state index contributed by atoms with van der Waals surface area (Å²) in [6, 6.07) is 10.2. The van der Waals surface area contributed by atoms with Gasteiger partial charge < -0.3 is 10.2 Å². The number of benzene rings is 1. The lowest BCUT2D eigenvalue weighted by molar-refractivity contribution is 0.0950. The van der Waals surface area contributed by atoms with Gasteiger partial charge in [0.05, 0.1) is 4.90 Å². The van der Waals surface area contributed by atoms with Crippen LogP contribution in [0.25, 0.3) is 0 Å². The Hall–Kier alpha value is -2.45. The van der Waals surface area contributed by atoms with Gasteiger partial charge in [0.15, 0.2) is 0 Å². The topological polar surface area (TPSA) is 82.6 Å². The summed E-state index contributed by atoms with van der Waals surface area (Å²) in [5, 5.41) is 2.88. The van der Waals surface area contributed by atoms with E-state index in [2.05, 4.69) is 15.2 Å². The van der Waals surface area contributed by atoms with Crippen LogP contribution < -0.4 is 10.2 Å². The molecule has 1 N–H and O–H groups in total.